The second-order valence-electron chi connectivity index (χ2n) is 6.85. The normalized spacial score (nSPS) is 15.1. The highest BCUT2D eigenvalue weighted by atomic mass is 32.1. The van der Waals surface area contributed by atoms with Crippen molar-refractivity contribution in [2.45, 2.75) is 39.5 Å². The number of thiophene rings is 1. The molecule has 1 amide bonds. The number of rotatable bonds is 7. The van der Waals surface area contributed by atoms with E-state index < -0.39 is 12.6 Å². The van der Waals surface area contributed by atoms with Crippen LogP contribution < -0.4 is 5.32 Å². The number of nitrogens with one attached hydrogen (secondary N) is 1. The molecule has 0 fully saturated rings. The summed E-state index contributed by atoms with van der Waals surface area (Å²) >= 11 is 1.55. The Bertz CT molecular complexity index is 975. The van der Waals surface area contributed by atoms with Crippen LogP contribution in [0.1, 0.15) is 61.7 Å². The monoisotopic (exact) mass is 399 g/mol. The van der Waals surface area contributed by atoms with Crippen molar-refractivity contribution in [3.8, 4) is 0 Å². The van der Waals surface area contributed by atoms with Crippen LogP contribution in [0, 0.1) is 13.8 Å². The van der Waals surface area contributed by atoms with Crippen LogP contribution in [0.5, 0.6) is 0 Å². The van der Waals surface area contributed by atoms with Gasteiger partial charge >= 0.3 is 5.97 Å². The van der Waals surface area contributed by atoms with Crippen LogP contribution in [0.15, 0.2) is 24.3 Å². The van der Waals surface area contributed by atoms with Gasteiger partial charge in [-0.05, 0) is 50.6 Å². The van der Waals surface area contributed by atoms with Gasteiger partial charge in [0.1, 0.15) is 0 Å². The average molecular weight is 399 g/mol. The molecular weight excluding hydrogens is 378 g/mol. The number of fused-ring (bicyclic) bond motifs is 1. The van der Waals surface area contributed by atoms with Crippen molar-refractivity contribution in [2.75, 3.05) is 11.9 Å². The first-order valence-corrected chi connectivity index (χ1v) is 9.81. The van der Waals surface area contributed by atoms with Gasteiger partial charge in [0.05, 0.1) is 12.3 Å². The number of hydrogen-bond acceptors (Lipinski definition) is 6. The van der Waals surface area contributed by atoms with Gasteiger partial charge in [-0.25, -0.2) is 0 Å². The van der Waals surface area contributed by atoms with Crippen molar-refractivity contribution < 1.29 is 23.9 Å². The molecule has 0 radical (unpaired) electrons. The second kappa shape index (κ2) is 8.06. The quantitative estimate of drug-likeness (QED) is 0.565. The highest BCUT2D eigenvalue weighted by Gasteiger charge is 2.27. The van der Waals surface area contributed by atoms with Crippen molar-refractivity contribution >= 4 is 40.5 Å². The Labute approximate surface area is 166 Å². The zero-order chi connectivity index (χ0) is 20.4. The topological polar surface area (TPSA) is 89.5 Å². The molecule has 1 aliphatic heterocycles. The van der Waals surface area contributed by atoms with Crippen molar-refractivity contribution in [1.82, 2.24) is 0 Å². The van der Waals surface area contributed by atoms with E-state index in [9.17, 15) is 19.2 Å². The predicted molar refractivity (Wildman–Crippen MR) is 106 cm³/mol. The Morgan fingerprint density at radius 3 is 2.54 bits per heavy atom. The molecule has 0 spiro atoms. The summed E-state index contributed by atoms with van der Waals surface area (Å²) in [5.74, 6) is -1.46. The van der Waals surface area contributed by atoms with E-state index in [2.05, 4.69) is 5.32 Å². The van der Waals surface area contributed by atoms with Crippen molar-refractivity contribution in [2.24, 2.45) is 0 Å². The third kappa shape index (κ3) is 4.20. The SMILES string of the molecule is Cc1cc(C(=O)CCC(=O)OCC(=O)c2ccc3c(c2)[C@@H](C)C(=O)N3)c(C)s1. The molecule has 2 aromatic rings. The average Bonchev–Trinajstić information content (AvgIpc) is 3.15. The molecule has 28 heavy (non-hydrogen) atoms. The van der Waals surface area contributed by atoms with E-state index in [4.69, 9.17) is 4.74 Å². The highest BCUT2D eigenvalue weighted by molar-refractivity contribution is 7.12. The van der Waals surface area contributed by atoms with Crippen LogP contribution in [-0.4, -0.2) is 30.0 Å². The molecule has 6 nitrogen and oxygen atoms in total. The smallest absolute Gasteiger partial charge is 0.306 e. The number of ether oxygens (including phenoxy) is 1. The molecule has 2 heterocycles. The second-order valence-corrected chi connectivity index (χ2v) is 8.31. The maximum Gasteiger partial charge on any atom is 0.306 e. The van der Waals surface area contributed by atoms with Gasteiger partial charge in [-0.1, -0.05) is 0 Å². The number of carbonyl (C=O) groups excluding carboxylic acids is 4. The summed E-state index contributed by atoms with van der Waals surface area (Å²) in [6.45, 7) is 5.18. The lowest BCUT2D eigenvalue weighted by molar-refractivity contribution is -0.142. The summed E-state index contributed by atoms with van der Waals surface area (Å²) < 4.78 is 5.03. The third-order valence-corrected chi connectivity index (χ3v) is 5.72. The summed E-state index contributed by atoms with van der Waals surface area (Å²) in [5.41, 5.74) is 2.48. The fourth-order valence-corrected chi connectivity index (χ4v) is 4.09. The van der Waals surface area contributed by atoms with Crippen LogP contribution >= 0.6 is 11.3 Å². The lowest BCUT2D eigenvalue weighted by Gasteiger charge is -2.07. The van der Waals surface area contributed by atoms with Crippen LogP contribution in [0.25, 0.3) is 0 Å². The van der Waals surface area contributed by atoms with Crippen LogP contribution in [-0.2, 0) is 14.3 Å². The molecule has 1 N–H and O–H groups in total. The minimum atomic E-state index is -0.585. The van der Waals surface area contributed by atoms with Gasteiger partial charge in [-0.3, -0.25) is 19.2 Å². The molecule has 0 saturated heterocycles. The zero-order valence-electron chi connectivity index (χ0n) is 16.0. The standard InChI is InChI=1S/C21H21NO5S/c1-11-8-16(13(3)28-11)18(23)6-7-20(25)27-10-19(24)14-4-5-17-15(9-14)12(2)21(26)22-17/h4-5,8-9,12H,6-7,10H2,1-3H3,(H,22,26)/t12-/m1/s1. The first-order chi connectivity index (χ1) is 13.3. The number of benzene rings is 1. The molecule has 1 atom stereocenters. The van der Waals surface area contributed by atoms with Crippen molar-refractivity contribution in [1.29, 1.82) is 0 Å². The third-order valence-electron chi connectivity index (χ3n) is 4.75. The number of aryl methyl sites for hydroxylation is 2. The summed E-state index contributed by atoms with van der Waals surface area (Å²) in [5, 5.41) is 2.74. The Morgan fingerprint density at radius 2 is 1.86 bits per heavy atom. The molecule has 0 aliphatic carbocycles. The van der Waals surface area contributed by atoms with E-state index >= 15 is 0 Å². The molecule has 0 unspecified atom stereocenters. The van der Waals surface area contributed by atoms with Gasteiger partial charge < -0.3 is 10.1 Å². The van der Waals surface area contributed by atoms with Gasteiger partial charge in [0, 0.05) is 33.0 Å². The zero-order valence-corrected chi connectivity index (χ0v) is 16.8. The van der Waals surface area contributed by atoms with Gasteiger partial charge in [-0.2, -0.15) is 0 Å². The Hall–Kier alpha value is -2.80. The van der Waals surface area contributed by atoms with Crippen LogP contribution in [0.4, 0.5) is 5.69 Å². The number of anilines is 1. The molecule has 0 saturated carbocycles. The van der Waals surface area contributed by atoms with Crippen molar-refractivity contribution in [3.63, 3.8) is 0 Å². The number of amides is 1. The fourth-order valence-electron chi connectivity index (χ4n) is 3.15. The molecule has 0 bridgehead atoms. The van der Waals surface area contributed by atoms with Crippen LogP contribution in [0.3, 0.4) is 0 Å². The van der Waals surface area contributed by atoms with E-state index in [-0.39, 0.29) is 36.2 Å². The van der Waals surface area contributed by atoms with Crippen LogP contribution in [0.2, 0.25) is 0 Å². The first-order valence-electron chi connectivity index (χ1n) is 9.00. The Balaban J connectivity index is 1.51. The lowest BCUT2D eigenvalue weighted by Crippen LogP contribution is -2.15. The molecule has 3 rings (SSSR count). The summed E-state index contributed by atoms with van der Waals surface area (Å²) in [6.07, 6.45) is -0.0196. The van der Waals surface area contributed by atoms with Crippen molar-refractivity contribution in [3.05, 3.63) is 50.7 Å². The van der Waals surface area contributed by atoms with E-state index in [1.54, 1.807) is 36.5 Å². The van der Waals surface area contributed by atoms with E-state index in [0.29, 0.717) is 16.8 Å². The largest absolute Gasteiger partial charge is 0.457 e. The lowest BCUT2D eigenvalue weighted by atomic mass is 9.99. The fraction of sp³-hybridized carbons (Fsp3) is 0.333. The number of esters is 1. The van der Waals surface area contributed by atoms with Gasteiger partial charge in [0.2, 0.25) is 5.91 Å². The van der Waals surface area contributed by atoms with Gasteiger partial charge in [0.15, 0.2) is 18.2 Å². The van der Waals surface area contributed by atoms with E-state index in [0.717, 1.165) is 15.3 Å². The molecule has 7 heteroatoms. The molecule has 146 valence electrons. The summed E-state index contributed by atoms with van der Waals surface area (Å²) in [6, 6.07) is 6.75. The number of hydrogen-bond donors (Lipinski definition) is 1. The molecule has 1 aromatic heterocycles. The van der Waals surface area contributed by atoms with E-state index in [1.165, 1.54) is 0 Å². The number of Topliss-reactive ketones (excluding diaryl/α,β-unsaturated/α-hetero) is 2. The highest BCUT2D eigenvalue weighted by Crippen LogP contribution is 2.32. The Morgan fingerprint density at radius 1 is 1.11 bits per heavy atom. The minimum absolute atomic E-state index is 0.0498. The predicted octanol–water partition coefficient (Wildman–Crippen LogP) is 3.81. The first kappa shape index (κ1) is 19.9. The minimum Gasteiger partial charge on any atom is -0.457 e. The maximum atomic E-state index is 12.3. The van der Waals surface area contributed by atoms with E-state index in [1.807, 2.05) is 19.9 Å². The number of ketones is 2. The molecule has 1 aromatic carbocycles. The summed E-state index contributed by atoms with van der Waals surface area (Å²) in [4.78, 5) is 50.1. The molecule has 1 aliphatic rings. The maximum absolute atomic E-state index is 12.3. The molecular formula is C21H21NO5S. The number of carbonyl (C=O) groups is 4. The Kier molecular flexibility index (Phi) is 5.74. The van der Waals surface area contributed by atoms with Gasteiger partial charge in [0.25, 0.3) is 0 Å². The summed E-state index contributed by atoms with van der Waals surface area (Å²) in [7, 11) is 0. The van der Waals surface area contributed by atoms with Gasteiger partial charge in [-0.15, -0.1) is 11.3 Å².